The summed E-state index contributed by atoms with van der Waals surface area (Å²) < 4.78 is 13.1. The van der Waals surface area contributed by atoms with Crippen molar-refractivity contribution < 1.29 is 4.42 Å². The number of para-hydroxylation sites is 5. The summed E-state index contributed by atoms with van der Waals surface area (Å²) in [5, 5.41) is 3.46. The van der Waals surface area contributed by atoms with Crippen LogP contribution in [-0.4, -0.2) is 18.5 Å². The van der Waals surface area contributed by atoms with E-state index in [9.17, 15) is 0 Å². The van der Waals surface area contributed by atoms with E-state index in [1.165, 1.54) is 21.8 Å². The van der Waals surface area contributed by atoms with Gasteiger partial charge >= 0.3 is 0 Å². The molecule has 0 atom stereocenters. The third-order valence-electron chi connectivity index (χ3n) is 7.66. The Morgan fingerprint density at radius 1 is 0.500 bits per heavy atom. The Kier molecular flexibility index (Phi) is 3.73. The number of rotatable bonds is 2. The van der Waals surface area contributed by atoms with Gasteiger partial charge in [-0.15, -0.1) is 0 Å². The first kappa shape index (κ1) is 19.8. The van der Waals surface area contributed by atoms with E-state index in [1.54, 1.807) is 0 Å². The molecule has 38 heavy (non-hydrogen) atoms. The minimum atomic E-state index is 0.776. The predicted octanol–water partition coefficient (Wildman–Crippen LogP) is 8.27. The minimum absolute atomic E-state index is 0.776. The van der Waals surface area contributed by atoms with E-state index in [0.29, 0.717) is 0 Å². The lowest BCUT2D eigenvalue weighted by atomic mass is 10.1. The van der Waals surface area contributed by atoms with Crippen LogP contribution >= 0.6 is 0 Å². The predicted molar refractivity (Wildman–Crippen MR) is 154 cm³/mol. The van der Waals surface area contributed by atoms with Gasteiger partial charge in [0.15, 0.2) is 0 Å². The van der Waals surface area contributed by atoms with Gasteiger partial charge in [-0.2, -0.15) is 0 Å². The molecule has 0 aliphatic heterocycles. The Bertz CT molecular complexity index is 2350. The first-order valence-electron chi connectivity index (χ1n) is 12.7. The van der Waals surface area contributed by atoms with Gasteiger partial charge in [0.2, 0.25) is 11.5 Å². The molecule has 0 aliphatic carbocycles. The number of fused-ring (bicyclic) bond motifs is 10. The Morgan fingerprint density at radius 3 is 2.05 bits per heavy atom. The average molecular weight is 489 g/mol. The molecule has 5 nitrogen and oxygen atoms in total. The van der Waals surface area contributed by atoms with Gasteiger partial charge in [0.05, 0.1) is 22.1 Å². The maximum atomic E-state index is 6.33. The zero-order valence-electron chi connectivity index (χ0n) is 20.2. The Labute approximate surface area is 216 Å². The molecule has 0 spiro atoms. The summed E-state index contributed by atoms with van der Waals surface area (Å²) in [5.41, 5.74) is 9.26. The fourth-order valence-electron chi connectivity index (χ4n) is 6.05. The monoisotopic (exact) mass is 488 g/mol. The number of furan rings is 1. The molecule has 0 amide bonds. The Morgan fingerprint density at radius 2 is 1.18 bits per heavy atom. The SMILES string of the molecule is c1ccc(-n2c3ccccc3c3cc(-n4c5ccccc5n5c6oc7ccccc7c6nc45)ccc32)cc1. The molecule has 0 bridgehead atoms. The summed E-state index contributed by atoms with van der Waals surface area (Å²) in [4.78, 5) is 5.14. The third-order valence-corrected chi connectivity index (χ3v) is 7.66. The molecule has 5 heteroatoms. The smallest absolute Gasteiger partial charge is 0.234 e. The maximum Gasteiger partial charge on any atom is 0.234 e. The van der Waals surface area contributed by atoms with Gasteiger partial charge in [0, 0.05) is 27.5 Å². The van der Waals surface area contributed by atoms with E-state index in [2.05, 4.69) is 117 Å². The molecule has 0 radical (unpaired) electrons. The third kappa shape index (κ3) is 2.47. The highest BCUT2D eigenvalue weighted by molar-refractivity contribution is 6.10. The summed E-state index contributed by atoms with van der Waals surface area (Å²) in [6.07, 6.45) is 0. The minimum Gasteiger partial charge on any atom is -0.437 e. The molecule has 0 saturated carbocycles. The number of hydrogen-bond acceptors (Lipinski definition) is 2. The lowest BCUT2D eigenvalue weighted by Gasteiger charge is -2.09. The van der Waals surface area contributed by atoms with Crippen LogP contribution in [0.25, 0.3) is 72.2 Å². The van der Waals surface area contributed by atoms with Crippen LogP contribution in [0.2, 0.25) is 0 Å². The van der Waals surface area contributed by atoms with Crippen molar-refractivity contribution in [3.8, 4) is 11.4 Å². The largest absolute Gasteiger partial charge is 0.437 e. The number of nitrogens with zero attached hydrogens (tertiary/aromatic N) is 4. The van der Waals surface area contributed by atoms with Crippen molar-refractivity contribution in [2.45, 2.75) is 0 Å². The molecule has 0 fully saturated rings. The lowest BCUT2D eigenvalue weighted by Crippen LogP contribution is -1.96. The molecule has 0 aliphatic rings. The fourth-order valence-corrected chi connectivity index (χ4v) is 6.05. The van der Waals surface area contributed by atoms with Crippen LogP contribution in [0.15, 0.2) is 126 Å². The standard InChI is InChI=1S/C33H20N4O/c1-2-10-21(11-3-1)35-26-14-6-4-12-23(26)25-20-22(18-19-27(25)35)36-28-15-7-8-16-29(28)37-32-31(34-33(36)37)24-13-5-9-17-30(24)38-32/h1-20H. The van der Waals surface area contributed by atoms with Crippen molar-refractivity contribution in [3.63, 3.8) is 0 Å². The van der Waals surface area contributed by atoms with Crippen LogP contribution in [0.3, 0.4) is 0 Å². The second-order valence-electron chi connectivity index (χ2n) is 9.71. The van der Waals surface area contributed by atoms with Gasteiger partial charge in [-0.25, -0.2) is 9.38 Å². The highest BCUT2D eigenvalue weighted by Gasteiger charge is 2.22. The zero-order valence-corrected chi connectivity index (χ0v) is 20.2. The Hall–Kier alpha value is -5.29. The number of hydrogen-bond donors (Lipinski definition) is 0. The molecular weight excluding hydrogens is 468 g/mol. The van der Waals surface area contributed by atoms with E-state index in [1.807, 2.05) is 18.2 Å². The fraction of sp³-hybridized carbons (Fsp3) is 0. The van der Waals surface area contributed by atoms with Crippen LogP contribution in [0.5, 0.6) is 0 Å². The quantitative estimate of drug-likeness (QED) is 0.246. The number of aromatic nitrogens is 4. The van der Waals surface area contributed by atoms with Gasteiger partial charge in [-0.3, -0.25) is 4.57 Å². The molecule has 178 valence electrons. The van der Waals surface area contributed by atoms with Crippen LogP contribution in [0.1, 0.15) is 0 Å². The van der Waals surface area contributed by atoms with E-state index >= 15 is 0 Å². The van der Waals surface area contributed by atoms with E-state index in [-0.39, 0.29) is 0 Å². The molecule has 9 rings (SSSR count). The second-order valence-corrected chi connectivity index (χ2v) is 9.71. The van der Waals surface area contributed by atoms with Crippen molar-refractivity contribution >= 4 is 60.8 Å². The van der Waals surface area contributed by atoms with Crippen molar-refractivity contribution in [2.24, 2.45) is 0 Å². The maximum absolute atomic E-state index is 6.33. The van der Waals surface area contributed by atoms with E-state index in [0.717, 1.165) is 50.4 Å². The topological polar surface area (TPSA) is 40.3 Å². The van der Waals surface area contributed by atoms with Crippen molar-refractivity contribution in [3.05, 3.63) is 121 Å². The Balaban J connectivity index is 1.39. The zero-order chi connectivity index (χ0) is 24.8. The second kappa shape index (κ2) is 7.14. The normalized spacial score (nSPS) is 12.2. The lowest BCUT2D eigenvalue weighted by molar-refractivity contribution is 0.651. The van der Waals surface area contributed by atoms with Gasteiger partial charge < -0.3 is 8.98 Å². The number of benzene rings is 5. The molecule has 9 aromatic rings. The van der Waals surface area contributed by atoms with Crippen LogP contribution < -0.4 is 0 Å². The average Bonchev–Trinajstić information content (AvgIpc) is 3.69. The van der Waals surface area contributed by atoms with Gasteiger partial charge in [-0.05, 0) is 60.7 Å². The van der Waals surface area contributed by atoms with E-state index < -0.39 is 0 Å². The molecule has 0 unspecified atom stereocenters. The first-order chi connectivity index (χ1) is 18.9. The van der Waals surface area contributed by atoms with Gasteiger partial charge in [-0.1, -0.05) is 60.7 Å². The highest BCUT2D eigenvalue weighted by Crippen LogP contribution is 2.37. The summed E-state index contributed by atoms with van der Waals surface area (Å²) in [7, 11) is 0. The van der Waals surface area contributed by atoms with Gasteiger partial charge in [0.1, 0.15) is 11.1 Å². The van der Waals surface area contributed by atoms with Crippen molar-refractivity contribution in [2.75, 3.05) is 0 Å². The summed E-state index contributed by atoms with van der Waals surface area (Å²) in [6, 6.07) is 42.4. The highest BCUT2D eigenvalue weighted by atomic mass is 16.3. The number of imidazole rings is 2. The van der Waals surface area contributed by atoms with Crippen molar-refractivity contribution in [1.29, 1.82) is 0 Å². The molecule has 0 N–H and O–H groups in total. The molecule has 4 heterocycles. The summed E-state index contributed by atoms with van der Waals surface area (Å²) >= 11 is 0. The molecule has 4 aromatic heterocycles. The molecule has 0 saturated heterocycles. The van der Waals surface area contributed by atoms with Gasteiger partial charge in [0.25, 0.3) is 0 Å². The van der Waals surface area contributed by atoms with Crippen LogP contribution in [0.4, 0.5) is 0 Å². The van der Waals surface area contributed by atoms with E-state index in [4.69, 9.17) is 9.40 Å². The van der Waals surface area contributed by atoms with Crippen LogP contribution in [0, 0.1) is 0 Å². The summed E-state index contributed by atoms with van der Waals surface area (Å²) in [5.74, 6) is 0.844. The molecule has 5 aromatic carbocycles. The first-order valence-corrected chi connectivity index (χ1v) is 12.7. The molecular formula is C33H20N4O. The van der Waals surface area contributed by atoms with Crippen LogP contribution in [-0.2, 0) is 0 Å². The van der Waals surface area contributed by atoms with Crippen molar-refractivity contribution in [1.82, 2.24) is 18.5 Å². The summed E-state index contributed by atoms with van der Waals surface area (Å²) in [6.45, 7) is 0.